The van der Waals surface area contributed by atoms with E-state index in [1.54, 1.807) is 0 Å². The van der Waals surface area contributed by atoms with E-state index in [0.717, 1.165) is 23.6 Å². The second kappa shape index (κ2) is 5.26. The summed E-state index contributed by atoms with van der Waals surface area (Å²) >= 11 is 1.87. The molecule has 0 saturated carbocycles. The first-order chi connectivity index (χ1) is 9.97. The fourth-order valence-electron chi connectivity index (χ4n) is 2.45. The van der Waals surface area contributed by atoms with Crippen LogP contribution in [0.2, 0.25) is 0 Å². The molecule has 1 aliphatic heterocycles. The molecule has 1 atom stereocenters. The number of thiophene rings is 1. The maximum absolute atomic E-state index is 5.78. The molecule has 0 bridgehead atoms. The lowest BCUT2D eigenvalue weighted by Crippen LogP contribution is -2.29. The lowest BCUT2D eigenvalue weighted by molar-refractivity contribution is -0.0431. The summed E-state index contributed by atoms with van der Waals surface area (Å²) in [5, 5.41) is 3.53. The van der Waals surface area contributed by atoms with Crippen molar-refractivity contribution in [3.63, 3.8) is 0 Å². The minimum absolute atomic E-state index is 0.281. The van der Waals surface area contributed by atoms with Gasteiger partial charge in [-0.05, 0) is 37.6 Å². The Kier molecular flexibility index (Phi) is 3.57. The van der Waals surface area contributed by atoms with Gasteiger partial charge < -0.3 is 14.8 Å². The molecule has 1 aromatic carbocycles. The maximum Gasteiger partial charge on any atom is 0.246 e. The average Bonchev–Trinajstić information content (AvgIpc) is 3.00. The highest BCUT2D eigenvalue weighted by Crippen LogP contribution is 2.41. The van der Waals surface area contributed by atoms with Crippen molar-refractivity contribution in [1.29, 1.82) is 0 Å². The molecule has 2 aromatic rings. The second-order valence-corrected chi connectivity index (χ2v) is 6.99. The van der Waals surface area contributed by atoms with E-state index in [9.17, 15) is 0 Å². The smallest absolute Gasteiger partial charge is 0.246 e. The lowest BCUT2D eigenvalue weighted by Gasteiger charge is -2.16. The Balaban J connectivity index is 1.74. The van der Waals surface area contributed by atoms with E-state index in [-0.39, 0.29) is 6.04 Å². The van der Waals surface area contributed by atoms with Crippen molar-refractivity contribution in [2.75, 3.05) is 5.32 Å². The van der Waals surface area contributed by atoms with Gasteiger partial charge in [0.15, 0.2) is 11.5 Å². The number of anilines is 1. The standard InChI is InChI=1S/C17H21NO2S/c1-5-13-7-9-16(21-13)11(2)18-12-6-8-14-15(10-12)20-17(3,4)19-14/h6-11,18H,5H2,1-4H3. The van der Waals surface area contributed by atoms with Crippen molar-refractivity contribution < 1.29 is 9.47 Å². The molecule has 0 radical (unpaired) electrons. The highest BCUT2D eigenvalue weighted by Gasteiger charge is 2.31. The zero-order valence-corrected chi connectivity index (χ0v) is 13.7. The van der Waals surface area contributed by atoms with Crippen LogP contribution in [0.4, 0.5) is 5.69 Å². The molecule has 0 amide bonds. The third kappa shape index (κ3) is 3.00. The minimum atomic E-state index is -0.573. The van der Waals surface area contributed by atoms with E-state index in [2.05, 4.69) is 31.3 Å². The molecule has 4 heteroatoms. The summed E-state index contributed by atoms with van der Waals surface area (Å²) in [4.78, 5) is 2.77. The molecular formula is C17H21NO2S. The zero-order chi connectivity index (χ0) is 15.0. The number of ether oxygens (including phenoxy) is 2. The summed E-state index contributed by atoms with van der Waals surface area (Å²) in [7, 11) is 0. The molecule has 2 heterocycles. The lowest BCUT2D eigenvalue weighted by atomic mass is 10.2. The molecule has 3 rings (SSSR count). The summed E-state index contributed by atoms with van der Waals surface area (Å²) < 4.78 is 11.5. The van der Waals surface area contributed by atoms with Gasteiger partial charge in [0.05, 0.1) is 6.04 Å². The Labute approximate surface area is 129 Å². The summed E-state index contributed by atoms with van der Waals surface area (Å²) in [6.07, 6.45) is 1.09. The van der Waals surface area contributed by atoms with Gasteiger partial charge in [0.25, 0.3) is 0 Å². The third-order valence-electron chi connectivity index (χ3n) is 3.50. The quantitative estimate of drug-likeness (QED) is 0.863. The van der Waals surface area contributed by atoms with Crippen LogP contribution in [-0.4, -0.2) is 5.79 Å². The van der Waals surface area contributed by atoms with Gasteiger partial charge in [-0.1, -0.05) is 6.92 Å². The largest absolute Gasteiger partial charge is 0.449 e. The van der Waals surface area contributed by atoms with E-state index < -0.39 is 5.79 Å². The number of hydrogen-bond acceptors (Lipinski definition) is 4. The molecule has 112 valence electrons. The first-order valence-electron chi connectivity index (χ1n) is 7.34. The van der Waals surface area contributed by atoms with Gasteiger partial charge in [0, 0.05) is 35.4 Å². The second-order valence-electron chi connectivity index (χ2n) is 5.79. The monoisotopic (exact) mass is 303 g/mol. The van der Waals surface area contributed by atoms with Gasteiger partial charge in [-0.3, -0.25) is 0 Å². The van der Waals surface area contributed by atoms with Crippen LogP contribution >= 0.6 is 11.3 Å². The number of benzene rings is 1. The molecule has 0 fully saturated rings. The fraction of sp³-hybridized carbons (Fsp3) is 0.412. The van der Waals surface area contributed by atoms with Gasteiger partial charge in [0.2, 0.25) is 5.79 Å². The third-order valence-corrected chi connectivity index (χ3v) is 4.91. The van der Waals surface area contributed by atoms with Gasteiger partial charge in [-0.25, -0.2) is 0 Å². The van der Waals surface area contributed by atoms with Crippen molar-refractivity contribution in [3.05, 3.63) is 40.1 Å². The topological polar surface area (TPSA) is 30.5 Å². The normalized spacial score (nSPS) is 16.8. The van der Waals surface area contributed by atoms with E-state index in [1.807, 2.05) is 43.4 Å². The maximum atomic E-state index is 5.78. The molecule has 1 N–H and O–H groups in total. The average molecular weight is 303 g/mol. The Hall–Kier alpha value is -1.68. The van der Waals surface area contributed by atoms with Crippen molar-refractivity contribution >= 4 is 17.0 Å². The van der Waals surface area contributed by atoms with Crippen LogP contribution in [0.5, 0.6) is 11.5 Å². The summed E-state index contributed by atoms with van der Waals surface area (Å²) in [5.74, 6) is 1.04. The number of aryl methyl sites for hydroxylation is 1. The number of hydrogen-bond donors (Lipinski definition) is 1. The summed E-state index contributed by atoms with van der Waals surface area (Å²) in [6, 6.07) is 10.7. The first-order valence-corrected chi connectivity index (χ1v) is 8.16. The van der Waals surface area contributed by atoms with Crippen LogP contribution in [0.3, 0.4) is 0 Å². The van der Waals surface area contributed by atoms with Crippen LogP contribution < -0.4 is 14.8 Å². The fourth-order valence-corrected chi connectivity index (χ4v) is 3.41. The number of fused-ring (bicyclic) bond motifs is 1. The van der Waals surface area contributed by atoms with Crippen molar-refractivity contribution in [3.8, 4) is 11.5 Å². The Morgan fingerprint density at radius 2 is 1.90 bits per heavy atom. The van der Waals surface area contributed by atoms with E-state index >= 15 is 0 Å². The molecule has 21 heavy (non-hydrogen) atoms. The van der Waals surface area contributed by atoms with E-state index in [1.165, 1.54) is 9.75 Å². The minimum Gasteiger partial charge on any atom is -0.449 e. The van der Waals surface area contributed by atoms with Gasteiger partial charge in [-0.2, -0.15) is 0 Å². The van der Waals surface area contributed by atoms with E-state index in [4.69, 9.17) is 9.47 Å². The highest BCUT2D eigenvalue weighted by molar-refractivity contribution is 7.12. The molecule has 1 unspecified atom stereocenters. The van der Waals surface area contributed by atoms with Crippen molar-refractivity contribution in [2.24, 2.45) is 0 Å². The predicted molar refractivity (Wildman–Crippen MR) is 87.5 cm³/mol. The van der Waals surface area contributed by atoms with Crippen LogP contribution in [-0.2, 0) is 6.42 Å². The molecule has 3 nitrogen and oxygen atoms in total. The van der Waals surface area contributed by atoms with Crippen molar-refractivity contribution in [1.82, 2.24) is 0 Å². The first kappa shape index (κ1) is 14.3. The highest BCUT2D eigenvalue weighted by atomic mass is 32.1. The van der Waals surface area contributed by atoms with Crippen LogP contribution in [0, 0.1) is 0 Å². The molecule has 0 saturated heterocycles. The van der Waals surface area contributed by atoms with Crippen LogP contribution in [0.1, 0.15) is 43.5 Å². The summed E-state index contributed by atoms with van der Waals surface area (Å²) in [6.45, 7) is 8.20. The Morgan fingerprint density at radius 3 is 2.62 bits per heavy atom. The zero-order valence-electron chi connectivity index (χ0n) is 12.9. The predicted octanol–water partition coefficient (Wildman–Crippen LogP) is 4.99. The summed E-state index contributed by atoms with van der Waals surface area (Å²) in [5.41, 5.74) is 1.05. The van der Waals surface area contributed by atoms with Gasteiger partial charge in [-0.15, -0.1) is 11.3 Å². The van der Waals surface area contributed by atoms with Crippen LogP contribution in [0.15, 0.2) is 30.3 Å². The number of rotatable bonds is 4. The molecule has 1 aromatic heterocycles. The Morgan fingerprint density at radius 1 is 1.14 bits per heavy atom. The van der Waals surface area contributed by atoms with Gasteiger partial charge in [0.1, 0.15) is 0 Å². The molecular weight excluding hydrogens is 282 g/mol. The van der Waals surface area contributed by atoms with Crippen LogP contribution in [0.25, 0.3) is 0 Å². The molecule has 0 spiro atoms. The van der Waals surface area contributed by atoms with E-state index in [0.29, 0.717) is 0 Å². The van der Waals surface area contributed by atoms with Crippen molar-refractivity contribution in [2.45, 2.75) is 45.9 Å². The molecule has 0 aliphatic carbocycles. The number of nitrogens with one attached hydrogen (secondary N) is 1. The SMILES string of the molecule is CCc1ccc(C(C)Nc2ccc3c(c2)OC(C)(C)O3)s1. The Bertz CT molecular complexity index is 648. The molecule has 1 aliphatic rings. The van der Waals surface area contributed by atoms with Gasteiger partial charge >= 0.3 is 0 Å².